The van der Waals surface area contributed by atoms with E-state index in [1.54, 1.807) is 0 Å². The molecule has 6 nitrogen and oxygen atoms in total. The Morgan fingerprint density at radius 2 is 2.21 bits per heavy atom. The minimum Gasteiger partial charge on any atom is -0.370 e. The Balaban J connectivity index is 1.21. The van der Waals surface area contributed by atoms with Crippen molar-refractivity contribution in [3.8, 4) is 0 Å². The van der Waals surface area contributed by atoms with Crippen LogP contribution in [0.5, 0.6) is 0 Å². The molecule has 1 aromatic rings. The van der Waals surface area contributed by atoms with E-state index in [1.807, 2.05) is 0 Å². The molecule has 1 aliphatic carbocycles. The second kappa shape index (κ2) is 6.99. The summed E-state index contributed by atoms with van der Waals surface area (Å²) in [6.07, 6.45) is 8.57. The zero-order chi connectivity index (χ0) is 19.3. The van der Waals surface area contributed by atoms with Crippen LogP contribution < -0.4 is 5.32 Å². The lowest BCUT2D eigenvalue weighted by Crippen LogP contribution is -2.43. The van der Waals surface area contributed by atoms with Crippen molar-refractivity contribution in [2.45, 2.75) is 63.7 Å². The summed E-state index contributed by atoms with van der Waals surface area (Å²) in [6, 6.07) is 2.09. The molecular formula is C22H31N3O3. The molecule has 3 fully saturated rings. The van der Waals surface area contributed by atoms with E-state index in [-0.39, 0.29) is 17.4 Å². The predicted molar refractivity (Wildman–Crippen MR) is 105 cm³/mol. The fraction of sp³-hybridized carbons (Fsp3) is 0.727. The number of aromatic nitrogens is 1. The second-order valence-electron chi connectivity index (χ2n) is 9.46. The van der Waals surface area contributed by atoms with Crippen LogP contribution in [0.4, 0.5) is 0 Å². The Labute approximate surface area is 166 Å². The number of hydrogen-bond donors (Lipinski definition) is 1. The quantitative estimate of drug-likeness (QED) is 0.763. The van der Waals surface area contributed by atoms with Gasteiger partial charge in [0.15, 0.2) is 0 Å². The topological polar surface area (TPSA) is 67.6 Å². The molecule has 28 heavy (non-hydrogen) atoms. The summed E-state index contributed by atoms with van der Waals surface area (Å²) < 4.78 is 12.0. The minimum absolute atomic E-state index is 0.0143. The van der Waals surface area contributed by atoms with Gasteiger partial charge in [-0.2, -0.15) is 0 Å². The van der Waals surface area contributed by atoms with Crippen LogP contribution in [-0.4, -0.2) is 47.3 Å². The lowest BCUT2D eigenvalue weighted by Gasteiger charge is -2.29. The van der Waals surface area contributed by atoms with E-state index in [4.69, 9.17) is 9.26 Å². The van der Waals surface area contributed by atoms with E-state index in [9.17, 15) is 4.79 Å². The average molecular weight is 386 g/mol. The Kier molecular flexibility index (Phi) is 4.59. The molecule has 0 saturated carbocycles. The maximum Gasteiger partial charge on any atom is 0.223 e. The SMILES string of the molecule is CC(C)c1cc(CN2C[C@@H]3[C@H](CNC(=O)C4CC=CC4)[C@H]4CC[C@]3(C2)O4)no1. The van der Waals surface area contributed by atoms with E-state index < -0.39 is 0 Å². The number of allylic oxidation sites excluding steroid dienone is 2. The van der Waals surface area contributed by atoms with Gasteiger partial charge in [0.05, 0.1) is 17.4 Å². The molecule has 6 heteroatoms. The molecule has 4 atom stereocenters. The van der Waals surface area contributed by atoms with E-state index in [0.29, 0.717) is 23.9 Å². The second-order valence-corrected chi connectivity index (χ2v) is 9.46. The van der Waals surface area contributed by atoms with Gasteiger partial charge in [-0.05, 0) is 25.7 Å². The van der Waals surface area contributed by atoms with Crippen molar-refractivity contribution < 1.29 is 14.1 Å². The molecule has 5 rings (SSSR count). The van der Waals surface area contributed by atoms with Crippen LogP contribution >= 0.6 is 0 Å². The van der Waals surface area contributed by atoms with E-state index in [2.05, 4.69) is 47.4 Å². The maximum atomic E-state index is 12.4. The van der Waals surface area contributed by atoms with Crippen molar-refractivity contribution in [2.24, 2.45) is 17.8 Å². The zero-order valence-electron chi connectivity index (χ0n) is 16.9. The van der Waals surface area contributed by atoms with Gasteiger partial charge in [-0.3, -0.25) is 9.69 Å². The van der Waals surface area contributed by atoms with Crippen LogP contribution in [0.25, 0.3) is 0 Å². The molecule has 3 aliphatic heterocycles. The normalized spacial score (nSPS) is 34.6. The first kappa shape index (κ1) is 18.4. The van der Waals surface area contributed by atoms with Gasteiger partial charge < -0.3 is 14.6 Å². The molecule has 3 saturated heterocycles. The highest BCUT2D eigenvalue weighted by Crippen LogP contribution is 2.54. The molecule has 4 aliphatic rings. The summed E-state index contributed by atoms with van der Waals surface area (Å²) in [5.41, 5.74) is 0.993. The molecule has 1 amide bonds. The Morgan fingerprint density at radius 1 is 1.39 bits per heavy atom. The van der Waals surface area contributed by atoms with Gasteiger partial charge in [-0.1, -0.05) is 31.2 Å². The van der Waals surface area contributed by atoms with Crippen molar-refractivity contribution in [3.63, 3.8) is 0 Å². The highest BCUT2D eigenvalue weighted by Gasteiger charge is 2.62. The predicted octanol–water partition coefficient (Wildman–Crippen LogP) is 2.86. The molecule has 1 N–H and O–H groups in total. The van der Waals surface area contributed by atoms with Crippen LogP contribution in [0, 0.1) is 17.8 Å². The molecule has 0 unspecified atom stereocenters. The number of hydrogen-bond acceptors (Lipinski definition) is 5. The molecule has 0 aromatic carbocycles. The number of carbonyl (C=O) groups is 1. The largest absolute Gasteiger partial charge is 0.370 e. The highest BCUT2D eigenvalue weighted by molar-refractivity contribution is 5.79. The third kappa shape index (κ3) is 3.11. The lowest BCUT2D eigenvalue weighted by molar-refractivity contribution is -0.124. The summed E-state index contributed by atoms with van der Waals surface area (Å²) in [4.78, 5) is 14.9. The smallest absolute Gasteiger partial charge is 0.223 e. The summed E-state index contributed by atoms with van der Waals surface area (Å²) in [5.74, 6) is 2.59. The van der Waals surface area contributed by atoms with Gasteiger partial charge in [0.1, 0.15) is 5.76 Å². The van der Waals surface area contributed by atoms with E-state index in [0.717, 1.165) is 63.3 Å². The van der Waals surface area contributed by atoms with Crippen molar-refractivity contribution >= 4 is 5.91 Å². The number of likely N-dealkylation sites (tertiary alicyclic amines) is 1. The van der Waals surface area contributed by atoms with Crippen LogP contribution in [0.2, 0.25) is 0 Å². The molecule has 1 spiro atoms. The molecule has 0 radical (unpaired) electrons. The van der Waals surface area contributed by atoms with Crippen molar-refractivity contribution in [3.05, 3.63) is 29.7 Å². The minimum atomic E-state index is -0.0143. The standard InChI is InChI=1S/C22H31N3O3/c1-14(2)20-9-16(24-28-20)11-25-12-18-17(19-7-8-22(18,13-25)27-19)10-23-21(26)15-5-3-4-6-15/h3-4,9,14-15,17-19H,5-8,10-13H2,1-2H3,(H,23,26)/t17-,18+,19+,22+/m0/s1. The highest BCUT2D eigenvalue weighted by atomic mass is 16.5. The van der Waals surface area contributed by atoms with E-state index in [1.165, 1.54) is 0 Å². The number of nitrogens with one attached hydrogen (secondary N) is 1. The van der Waals surface area contributed by atoms with Gasteiger partial charge in [-0.15, -0.1) is 0 Å². The first-order valence-electron chi connectivity index (χ1n) is 10.8. The van der Waals surface area contributed by atoms with Crippen molar-refractivity contribution in [2.75, 3.05) is 19.6 Å². The number of fused-ring (bicyclic) bond motifs is 1. The molecule has 4 heterocycles. The van der Waals surface area contributed by atoms with Gasteiger partial charge in [0.25, 0.3) is 0 Å². The number of nitrogens with zero attached hydrogens (tertiary/aromatic N) is 2. The molecule has 2 bridgehead atoms. The zero-order valence-corrected chi connectivity index (χ0v) is 16.9. The third-order valence-corrected chi connectivity index (χ3v) is 7.28. The van der Waals surface area contributed by atoms with Crippen molar-refractivity contribution in [1.82, 2.24) is 15.4 Å². The Morgan fingerprint density at radius 3 is 2.96 bits per heavy atom. The number of carbonyl (C=O) groups excluding carboxylic acids is 1. The van der Waals surface area contributed by atoms with Gasteiger partial charge in [0.2, 0.25) is 5.91 Å². The number of rotatable bonds is 6. The monoisotopic (exact) mass is 385 g/mol. The van der Waals surface area contributed by atoms with Crippen LogP contribution in [0.3, 0.4) is 0 Å². The van der Waals surface area contributed by atoms with Crippen molar-refractivity contribution in [1.29, 1.82) is 0 Å². The first-order valence-corrected chi connectivity index (χ1v) is 10.8. The Bertz CT molecular complexity index is 765. The number of ether oxygens (including phenoxy) is 1. The summed E-state index contributed by atoms with van der Waals surface area (Å²) in [6.45, 7) is 7.80. The van der Waals surface area contributed by atoms with Gasteiger partial charge >= 0.3 is 0 Å². The number of amides is 1. The van der Waals surface area contributed by atoms with Crippen LogP contribution in [0.1, 0.15) is 56.9 Å². The summed E-state index contributed by atoms with van der Waals surface area (Å²) >= 11 is 0. The summed E-state index contributed by atoms with van der Waals surface area (Å²) in [5, 5.41) is 7.49. The molecule has 1 aromatic heterocycles. The lowest BCUT2D eigenvalue weighted by atomic mass is 9.73. The Hall–Kier alpha value is -1.66. The van der Waals surface area contributed by atoms with Crippen LogP contribution in [0.15, 0.2) is 22.7 Å². The average Bonchev–Trinajstić information content (AvgIpc) is 3.44. The maximum absolute atomic E-state index is 12.4. The first-order chi connectivity index (χ1) is 13.5. The fourth-order valence-electron chi connectivity index (χ4n) is 5.78. The van der Waals surface area contributed by atoms with E-state index >= 15 is 0 Å². The van der Waals surface area contributed by atoms with Gasteiger partial charge in [0, 0.05) is 55.9 Å². The van der Waals surface area contributed by atoms with Crippen LogP contribution in [-0.2, 0) is 16.1 Å². The third-order valence-electron chi connectivity index (χ3n) is 7.28. The fourth-order valence-corrected chi connectivity index (χ4v) is 5.78. The molecular weight excluding hydrogens is 354 g/mol. The van der Waals surface area contributed by atoms with Gasteiger partial charge in [-0.25, -0.2) is 0 Å². The summed E-state index contributed by atoms with van der Waals surface area (Å²) in [7, 11) is 0. The molecule has 152 valence electrons.